The third-order valence-corrected chi connectivity index (χ3v) is 4.75. The summed E-state index contributed by atoms with van der Waals surface area (Å²) >= 11 is 0. The summed E-state index contributed by atoms with van der Waals surface area (Å²) in [6.07, 6.45) is 1.03. The first kappa shape index (κ1) is 20.1. The van der Waals surface area contributed by atoms with Gasteiger partial charge in [-0.25, -0.2) is 0 Å². The van der Waals surface area contributed by atoms with Crippen molar-refractivity contribution in [1.82, 2.24) is 15.1 Å². The fourth-order valence-corrected chi connectivity index (χ4v) is 3.19. The van der Waals surface area contributed by atoms with Gasteiger partial charge in [0.15, 0.2) is 0 Å². The number of nitrogens with one attached hydrogen (secondary N) is 1. The Kier molecular flexibility index (Phi) is 7.37. The van der Waals surface area contributed by atoms with E-state index < -0.39 is 0 Å². The van der Waals surface area contributed by atoms with Crippen molar-refractivity contribution in [2.45, 2.75) is 25.4 Å². The monoisotopic (exact) mass is 353 g/mol. The van der Waals surface area contributed by atoms with Crippen molar-refractivity contribution in [3.63, 3.8) is 0 Å². The van der Waals surface area contributed by atoms with E-state index >= 15 is 0 Å². The van der Waals surface area contributed by atoms with Crippen LogP contribution in [0, 0.1) is 0 Å². The Hall–Kier alpha value is -2.17. The van der Waals surface area contributed by atoms with Gasteiger partial charge in [-0.3, -0.25) is 9.69 Å². The Bertz CT molecular complexity index is 680. The molecule has 0 aliphatic rings. The van der Waals surface area contributed by atoms with E-state index in [2.05, 4.69) is 41.4 Å². The van der Waals surface area contributed by atoms with Gasteiger partial charge in [0.05, 0.1) is 6.04 Å². The second-order valence-corrected chi connectivity index (χ2v) is 7.10. The van der Waals surface area contributed by atoms with Crippen molar-refractivity contribution >= 4 is 5.91 Å². The van der Waals surface area contributed by atoms with Gasteiger partial charge in [0.2, 0.25) is 5.91 Å². The van der Waals surface area contributed by atoms with Crippen LogP contribution in [0.15, 0.2) is 54.6 Å². The largest absolute Gasteiger partial charge is 0.353 e. The van der Waals surface area contributed by atoms with Crippen LogP contribution in [0.5, 0.6) is 0 Å². The van der Waals surface area contributed by atoms with Crippen LogP contribution in [0.25, 0.3) is 0 Å². The van der Waals surface area contributed by atoms with Crippen LogP contribution in [-0.4, -0.2) is 50.4 Å². The Morgan fingerprint density at radius 3 is 2.00 bits per heavy atom. The maximum atomic E-state index is 12.9. The molecule has 26 heavy (non-hydrogen) atoms. The highest BCUT2D eigenvalue weighted by Crippen LogP contribution is 2.21. The molecule has 1 N–H and O–H groups in total. The Labute approximate surface area is 157 Å². The summed E-state index contributed by atoms with van der Waals surface area (Å²) in [5.74, 6) is 0.0261. The summed E-state index contributed by atoms with van der Waals surface area (Å²) in [4.78, 5) is 17.0. The van der Waals surface area contributed by atoms with Crippen LogP contribution in [0.4, 0.5) is 0 Å². The van der Waals surface area contributed by atoms with Gasteiger partial charge in [-0.15, -0.1) is 0 Å². The number of nitrogens with zero attached hydrogens (tertiary/aromatic N) is 2. The Morgan fingerprint density at radius 1 is 0.885 bits per heavy atom. The number of amides is 1. The van der Waals surface area contributed by atoms with Crippen LogP contribution in [-0.2, 0) is 11.2 Å². The molecule has 2 aromatic rings. The molecule has 2 unspecified atom stereocenters. The summed E-state index contributed by atoms with van der Waals surface area (Å²) in [6, 6.07) is 18.4. The molecule has 2 atom stereocenters. The molecule has 0 aromatic heterocycles. The van der Waals surface area contributed by atoms with E-state index in [4.69, 9.17) is 0 Å². The third-order valence-electron chi connectivity index (χ3n) is 4.75. The highest BCUT2D eigenvalue weighted by Gasteiger charge is 2.24. The maximum absolute atomic E-state index is 12.9. The summed E-state index contributed by atoms with van der Waals surface area (Å²) in [5, 5.41) is 3.15. The second-order valence-electron chi connectivity index (χ2n) is 7.10. The van der Waals surface area contributed by atoms with Gasteiger partial charge >= 0.3 is 0 Å². The SMILES string of the molecule is CCc1ccc(C(CNC(=O)C(c2ccccc2)N(C)C)N(C)C)cc1. The van der Waals surface area contributed by atoms with E-state index in [1.54, 1.807) is 0 Å². The van der Waals surface area contributed by atoms with Gasteiger partial charge < -0.3 is 10.2 Å². The van der Waals surface area contributed by atoms with Crippen LogP contribution in [0.3, 0.4) is 0 Å². The molecule has 0 fully saturated rings. The van der Waals surface area contributed by atoms with E-state index in [0.717, 1.165) is 12.0 Å². The second kappa shape index (κ2) is 9.51. The third kappa shape index (κ3) is 5.16. The minimum absolute atomic E-state index is 0.0261. The molecular weight excluding hydrogens is 322 g/mol. The zero-order valence-corrected chi connectivity index (χ0v) is 16.6. The van der Waals surface area contributed by atoms with Crippen LogP contribution in [0.2, 0.25) is 0 Å². The average Bonchev–Trinajstić information content (AvgIpc) is 2.63. The highest BCUT2D eigenvalue weighted by atomic mass is 16.2. The number of carbonyl (C=O) groups is 1. The number of rotatable bonds is 8. The first-order chi connectivity index (χ1) is 12.4. The minimum Gasteiger partial charge on any atom is -0.353 e. The van der Waals surface area contributed by atoms with Crippen molar-refractivity contribution in [2.75, 3.05) is 34.7 Å². The van der Waals surface area contributed by atoms with Gasteiger partial charge in [-0.05, 0) is 51.3 Å². The predicted octanol–water partition coefficient (Wildman–Crippen LogP) is 3.27. The van der Waals surface area contributed by atoms with E-state index in [-0.39, 0.29) is 18.0 Å². The standard InChI is InChI=1S/C22H31N3O/c1-6-17-12-14-18(15-13-17)20(24(2)3)16-23-22(26)21(25(4)5)19-10-8-7-9-11-19/h7-15,20-21H,6,16H2,1-5H3,(H,23,26). The zero-order chi connectivity index (χ0) is 19.1. The lowest BCUT2D eigenvalue weighted by atomic mass is 10.0. The molecule has 4 heteroatoms. The van der Waals surface area contributed by atoms with Gasteiger partial charge in [0.25, 0.3) is 0 Å². The molecular formula is C22H31N3O. The summed E-state index contributed by atoms with van der Waals surface area (Å²) in [7, 11) is 7.96. The first-order valence-corrected chi connectivity index (χ1v) is 9.18. The van der Waals surface area contributed by atoms with Crippen molar-refractivity contribution in [1.29, 1.82) is 0 Å². The van der Waals surface area contributed by atoms with Crippen molar-refractivity contribution in [3.8, 4) is 0 Å². The lowest BCUT2D eigenvalue weighted by Crippen LogP contribution is -2.41. The normalized spacial score (nSPS) is 13.7. The summed E-state index contributed by atoms with van der Waals surface area (Å²) in [5.41, 5.74) is 3.55. The molecule has 1 amide bonds. The van der Waals surface area contributed by atoms with E-state index in [1.165, 1.54) is 11.1 Å². The van der Waals surface area contributed by atoms with Crippen molar-refractivity contribution in [3.05, 3.63) is 71.3 Å². The number of aryl methyl sites for hydroxylation is 1. The molecule has 0 bridgehead atoms. The molecule has 0 aliphatic carbocycles. The molecule has 0 saturated heterocycles. The molecule has 0 spiro atoms. The van der Waals surface area contributed by atoms with Crippen molar-refractivity contribution in [2.24, 2.45) is 0 Å². The Morgan fingerprint density at radius 2 is 1.50 bits per heavy atom. The molecule has 140 valence electrons. The average molecular weight is 354 g/mol. The highest BCUT2D eigenvalue weighted by molar-refractivity contribution is 5.83. The zero-order valence-electron chi connectivity index (χ0n) is 16.6. The Balaban J connectivity index is 2.10. The number of hydrogen-bond acceptors (Lipinski definition) is 3. The minimum atomic E-state index is -0.290. The quantitative estimate of drug-likeness (QED) is 0.791. The van der Waals surface area contributed by atoms with Gasteiger partial charge in [-0.1, -0.05) is 61.5 Å². The smallest absolute Gasteiger partial charge is 0.242 e. The van der Waals surface area contributed by atoms with Gasteiger partial charge in [0.1, 0.15) is 6.04 Å². The number of benzene rings is 2. The van der Waals surface area contributed by atoms with Crippen molar-refractivity contribution < 1.29 is 4.79 Å². The fraction of sp³-hybridized carbons (Fsp3) is 0.409. The molecule has 2 rings (SSSR count). The fourth-order valence-electron chi connectivity index (χ4n) is 3.19. The molecule has 0 radical (unpaired) electrons. The lowest BCUT2D eigenvalue weighted by Gasteiger charge is -2.28. The number of likely N-dealkylation sites (N-methyl/N-ethyl adjacent to an activating group) is 2. The summed E-state index contributed by atoms with van der Waals surface area (Å²) in [6.45, 7) is 2.73. The van der Waals surface area contributed by atoms with E-state index in [1.807, 2.05) is 63.4 Å². The molecule has 0 aliphatic heterocycles. The number of carbonyl (C=O) groups excluding carboxylic acids is 1. The molecule has 4 nitrogen and oxygen atoms in total. The maximum Gasteiger partial charge on any atom is 0.242 e. The predicted molar refractivity (Wildman–Crippen MR) is 108 cm³/mol. The molecule has 0 saturated carbocycles. The van der Waals surface area contributed by atoms with Crippen LogP contribution in [0.1, 0.15) is 35.7 Å². The molecule has 0 heterocycles. The number of hydrogen-bond donors (Lipinski definition) is 1. The van der Waals surface area contributed by atoms with Gasteiger partial charge in [-0.2, -0.15) is 0 Å². The lowest BCUT2D eigenvalue weighted by molar-refractivity contribution is -0.126. The van der Waals surface area contributed by atoms with E-state index in [0.29, 0.717) is 6.54 Å². The van der Waals surface area contributed by atoms with Crippen LogP contribution >= 0.6 is 0 Å². The first-order valence-electron chi connectivity index (χ1n) is 9.18. The van der Waals surface area contributed by atoms with Crippen LogP contribution < -0.4 is 5.32 Å². The van der Waals surface area contributed by atoms with Gasteiger partial charge in [0, 0.05) is 6.54 Å². The topological polar surface area (TPSA) is 35.6 Å². The molecule has 2 aromatic carbocycles. The summed E-state index contributed by atoms with van der Waals surface area (Å²) < 4.78 is 0. The van der Waals surface area contributed by atoms with E-state index in [9.17, 15) is 4.79 Å².